The highest BCUT2D eigenvalue weighted by molar-refractivity contribution is 6.19. The molecule has 1 spiro atoms. The number of aromatic nitrogens is 1. The largest absolute Gasteiger partial charge is 0.310 e. The van der Waals surface area contributed by atoms with Gasteiger partial charge in [-0.1, -0.05) is 207 Å². The third-order valence-corrected chi connectivity index (χ3v) is 17.7. The average Bonchev–Trinajstić information content (AvgIpc) is 4.23. The van der Waals surface area contributed by atoms with Crippen LogP contribution in [0, 0.1) is 0 Å². The van der Waals surface area contributed by atoms with Crippen molar-refractivity contribution in [2.45, 2.75) is 42.9 Å². The third kappa shape index (κ3) is 5.97. The molecule has 12 aromatic rings. The fraction of sp³-hybridized carbons (Fsp3) is 0.0959. The van der Waals surface area contributed by atoms with E-state index in [0.29, 0.717) is 0 Å². The Morgan fingerprint density at radius 3 is 1.73 bits per heavy atom. The van der Waals surface area contributed by atoms with Gasteiger partial charge in [-0.25, -0.2) is 0 Å². The van der Waals surface area contributed by atoms with Crippen molar-refractivity contribution in [1.82, 2.24) is 4.57 Å². The zero-order valence-electron chi connectivity index (χ0n) is 41.7. The van der Waals surface area contributed by atoms with E-state index in [-0.39, 0.29) is 5.41 Å². The van der Waals surface area contributed by atoms with Gasteiger partial charge in [-0.3, -0.25) is 0 Å². The van der Waals surface area contributed by atoms with Crippen molar-refractivity contribution in [3.8, 4) is 61.3 Å². The maximum Gasteiger partial charge on any atom is 0.0714 e. The van der Waals surface area contributed by atoms with Crippen molar-refractivity contribution in [2.75, 3.05) is 4.90 Å². The second kappa shape index (κ2) is 16.3. The van der Waals surface area contributed by atoms with Crippen LogP contribution < -0.4 is 4.90 Å². The average molecular weight is 957 g/mol. The lowest BCUT2D eigenvalue weighted by Gasteiger charge is -2.36. The van der Waals surface area contributed by atoms with E-state index in [1.807, 2.05) is 0 Å². The molecule has 75 heavy (non-hydrogen) atoms. The SMILES string of the molecule is c1ccc(N(c2cccc(-c3cccc(-c4cc5c6c(c4)C4(CCCCC4)c4ccc7c8ccccc8n(c7c4-6)-c4ccccc4-5)c3)c2)c2ccc3c(c2)C(c2ccccc2)(c2ccccc2)c2ccccc2-3)cc1. The van der Waals surface area contributed by atoms with Gasteiger partial charge in [0.25, 0.3) is 0 Å². The van der Waals surface area contributed by atoms with Crippen LogP contribution in [-0.4, -0.2) is 4.57 Å². The predicted molar refractivity (Wildman–Crippen MR) is 312 cm³/mol. The molecule has 0 radical (unpaired) electrons. The Hall–Kier alpha value is -8.98. The van der Waals surface area contributed by atoms with E-state index >= 15 is 0 Å². The highest BCUT2D eigenvalue weighted by Gasteiger charge is 2.48. The molecule has 16 rings (SSSR count). The van der Waals surface area contributed by atoms with Crippen molar-refractivity contribution in [3.63, 3.8) is 0 Å². The molecule has 3 aliphatic carbocycles. The normalized spacial score (nSPS) is 14.9. The van der Waals surface area contributed by atoms with Crippen LogP contribution in [0.4, 0.5) is 17.1 Å². The van der Waals surface area contributed by atoms with E-state index in [1.54, 1.807) is 0 Å². The van der Waals surface area contributed by atoms with Gasteiger partial charge in [-0.05, 0) is 157 Å². The van der Waals surface area contributed by atoms with Crippen LogP contribution in [-0.2, 0) is 10.8 Å². The van der Waals surface area contributed by atoms with Crippen LogP contribution in [0.1, 0.15) is 65.5 Å². The quantitative estimate of drug-likeness (QED) is 0.155. The van der Waals surface area contributed by atoms with E-state index in [4.69, 9.17) is 0 Å². The molecule has 0 amide bonds. The number of hydrogen-bond acceptors (Lipinski definition) is 1. The van der Waals surface area contributed by atoms with Gasteiger partial charge < -0.3 is 9.47 Å². The van der Waals surface area contributed by atoms with Crippen LogP contribution >= 0.6 is 0 Å². The van der Waals surface area contributed by atoms with E-state index in [9.17, 15) is 0 Å². The van der Waals surface area contributed by atoms with Gasteiger partial charge in [-0.15, -0.1) is 0 Å². The Labute approximate surface area is 438 Å². The summed E-state index contributed by atoms with van der Waals surface area (Å²) in [6, 6.07) is 96.1. The summed E-state index contributed by atoms with van der Waals surface area (Å²) >= 11 is 0. The molecule has 2 nitrogen and oxygen atoms in total. The number of anilines is 3. The summed E-state index contributed by atoms with van der Waals surface area (Å²) in [6.45, 7) is 0. The second-order valence-electron chi connectivity index (χ2n) is 21.4. The molecule has 1 aromatic heterocycles. The smallest absolute Gasteiger partial charge is 0.0714 e. The lowest BCUT2D eigenvalue weighted by Crippen LogP contribution is -2.28. The predicted octanol–water partition coefficient (Wildman–Crippen LogP) is 19.2. The van der Waals surface area contributed by atoms with Gasteiger partial charge in [0.05, 0.1) is 22.1 Å². The molecular weight excluding hydrogens is 905 g/mol. The zero-order valence-corrected chi connectivity index (χ0v) is 41.7. The Balaban J connectivity index is 0.855. The summed E-state index contributed by atoms with van der Waals surface area (Å²) < 4.78 is 2.60. The van der Waals surface area contributed by atoms with Crippen LogP contribution in [0.15, 0.2) is 255 Å². The zero-order chi connectivity index (χ0) is 49.2. The van der Waals surface area contributed by atoms with E-state index in [2.05, 4.69) is 264 Å². The molecule has 1 saturated carbocycles. The van der Waals surface area contributed by atoms with Gasteiger partial charge in [0, 0.05) is 44.4 Å². The molecular formula is C73H52N2. The molecule has 2 heterocycles. The maximum atomic E-state index is 2.61. The Bertz CT molecular complexity index is 4230. The molecule has 1 aliphatic heterocycles. The fourth-order valence-electron chi connectivity index (χ4n) is 14.7. The van der Waals surface area contributed by atoms with E-state index in [1.165, 1.54) is 149 Å². The van der Waals surface area contributed by atoms with Crippen molar-refractivity contribution in [1.29, 1.82) is 0 Å². The number of nitrogens with zero attached hydrogens (tertiary/aromatic N) is 2. The second-order valence-corrected chi connectivity index (χ2v) is 21.4. The molecule has 0 saturated heterocycles. The van der Waals surface area contributed by atoms with Crippen molar-refractivity contribution in [2.24, 2.45) is 0 Å². The van der Waals surface area contributed by atoms with E-state index in [0.717, 1.165) is 17.1 Å². The molecule has 1 fully saturated rings. The first-order valence-electron chi connectivity index (χ1n) is 27.0. The van der Waals surface area contributed by atoms with Crippen LogP contribution in [0.3, 0.4) is 0 Å². The molecule has 11 aromatic carbocycles. The first-order chi connectivity index (χ1) is 37.2. The summed E-state index contributed by atoms with van der Waals surface area (Å²) in [6.07, 6.45) is 6.18. The van der Waals surface area contributed by atoms with Gasteiger partial charge >= 0.3 is 0 Å². The number of hydrogen-bond donors (Lipinski definition) is 0. The first-order valence-corrected chi connectivity index (χ1v) is 27.0. The fourth-order valence-corrected chi connectivity index (χ4v) is 14.7. The lowest BCUT2D eigenvalue weighted by atomic mass is 9.67. The minimum absolute atomic E-state index is 0.00945. The number of benzene rings is 11. The standard InChI is InChI=1S/C73H52N2/c1-5-24-52(25-6-1)73(53-26-7-2-8-27-53)63-34-14-11-31-57(63)58-38-37-56(47-65(58)73)74(54-28-9-3-10-29-54)55-30-20-23-50(44-55)48-21-19-22-49(43-48)51-45-62-60-33-13-16-36-68(60)75-67-35-15-12-32-59(67)61-39-40-64-70(71(61)75)69(62)66(46-51)72(64)41-17-4-18-42-72/h1-3,5-16,19-40,43-47H,4,17-18,41-42H2. The number of para-hydroxylation sites is 3. The summed E-state index contributed by atoms with van der Waals surface area (Å²) in [5.41, 5.74) is 28.0. The molecule has 4 aliphatic rings. The van der Waals surface area contributed by atoms with Crippen LogP contribution in [0.5, 0.6) is 0 Å². The van der Waals surface area contributed by atoms with Crippen LogP contribution in [0.2, 0.25) is 0 Å². The topological polar surface area (TPSA) is 8.17 Å². The minimum Gasteiger partial charge on any atom is -0.310 e. The van der Waals surface area contributed by atoms with E-state index < -0.39 is 5.41 Å². The molecule has 0 atom stereocenters. The van der Waals surface area contributed by atoms with Crippen LogP contribution in [0.25, 0.3) is 83.1 Å². The highest BCUT2D eigenvalue weighted by Crippen LogP contribution is 2.63. The molecule has 0 N–H and O–H groups in total. The molecule has 0 bridgehead atoms. The Kier molecular flexibility index (Phi) is 9.22. The summed E-state index contributed by atoms with van der Waals surface area (Å²) in [5, 5.41) is 2.68. The monoisotopic (exact) mass is 956 g/mol. The van der Waals surface area contributed by atoms with Crippen molar-refractivity contribution in [3.05, 3.63) is 288 Å². The number of fused-ring (bicyclic) bond motifs is 11. The van der Waals surface area contributed by atoms with Gasteiger partial charge in [0.1, 0.15) is 0 Å². The minimum atomic E-state index is -0.503. The molecule has 354 valence electrons. The summed E-state index contributed by atoms with van der Waals surface area (Å²) in [4.78, 5) is 2.44. The number of rotatable bonds is 7. The third-order valence-electron chi connectivity index (χ3n) is 17.7. The van der Waals surface area contributed by atoms with Gasteiger partial charge in [-0.2, -0.15) is 0 Å². The first kappa shape index (κ1) is 42.5. The Morgan fingerprint density at radius 1 is 0.333 bits per heavy atom. The molecule has 0 unspecified atom stereocenters. The van der Waals surface area contributed by atoms with Gasteiger partial charge in [0.15, 0.2) is 0 Å². The van der Waals surface area contributed by atoms with Crippen molar-refractivity contribution < 1.29 is 0 Å². The highest BCUT2D eigenvalue weighted by atomic mass is 15.1. The lowest BCUT2D eigenvalue weighted by molar-refractivity contribution is 0.353. The van der Waals surface area contributed by atoms with Gasteiger partial charge in [0.2, 0.25) is 0 Å². The maximum absolute atomic E-state index is 2.61. The summed E-state index contributed by atoms with van der Waals surface area (Å²) in [7, 11) is 0. The van der Waals surface area contributed by atoms with Crippen molar-refractivity contribution >= 4 is 38.9 Å². The Morgan fingerprint density at radius 2 is 0.947 bits per heavy atom. The summed E-state index contributed by atoms with van der Waals surface area (Å²) in [5.74, 6) is 0. The molecule has 2 heteroatoms.